The Bertz CT molecular complexity index is 54.7. The van der Waals surface area contributed by atoms with Gasteiger partial charge in [0, 0.05) is 58.2 Å². The Labute approximate surface area is 198 Å². The van der Waals surface area contributed by atoms with Crippen LogP contribution in [0.2, 0.25) is 0 Å². The van der Waals surface area contributed by atoms with Gasteiger partial charge in [-0.2, -0.15) is 6.42 Å². The van der Waals surface area contributed by atoms with Gasteiger partial charge in [0.05, 0.1) is 0 Å². The molecule has 0 unspecified atom stereocenters. The van der Waals surface area contributed by atoms with E-state index in [1.807, 2.05) is 27.7 Å². The molecule has 0 nitrogen and oxygen atoms in total. The Morgan fingerprint density at radius 1 is 0.933 bits per heavy atom. The van der Waals surface area contributed by atoms with Crippen molar-refractivity contribution in [2.24, 2.45) is 0 Å². The molecule has 0 spiro atoms. The third-order valence-electron chi connectivity index (χ3n) is 0. The van der Waals surface area contributed by atoms with E-state index in [9.17, 15) is 0 Å². The summed E-state index contributed by atoms with van der Waals surface area (Å²) in [5, 5.41) is 0. The van der Waals surface area contributed by atoms with Gasteiger partial charge in [0.2, 0.25) is 0 Å². The van der Waals surface area contributed by atoms with Crippen molar-refractivity contribution >= 4 is 58.2 Å². The van der Waals surface area contributed by atoms with Crippen LogP contribution in [0.4, 0.5) is 0 Å². The minimum Gasteiger partial charge on any atom is -0.344 e. The summed E-state index contributed by atoms with van der Waals surface area (Å²) in [4.78, 5) is 0. The number of hydrogen-bond acceptors (Lipinski definition) is 0. The van der Waals surface area contributed by atoms with Crippen LogP contribution in [-0.4, -0.2) is 58.2 Å². The van der Waals surface area contributed by atoms with E-state index >= 15 is 0 Å². The van der Waals surface area contributed by atoms with Gasteiger partial charge in [-0.15, -0.1) is 19.7 Å². The fourth-order valence-electron chi connectivity index (χ4n) is 0. The molecule has 0 atom stereocenters. The number of hydrogen-bond donors (Lipinski definition) is 0. The molecule has 0 rings (SSSR count). The van der Waals surface area contributed by atoms with Gasteiger partial charge in [0.1, 0.15) is 0 Å². The molecule has 0 aromatic heterocycles. The van der Waals surface area contributed by atoms with Crippen molar-refractivity contribution in [1.29, 1.82) is 0 Å². The first-order chi connectivity index (χ1) is 5.66. The zero-order valence-electron chi connectivity index (χ0n) is 11.3. The Hall–Kier alpha value is 2.83. The van der Waals surface area contributed by atoms with Crippen LogP contribution >= 0.6 is 0 Å². The third kappa shape index (κ3) is 462. The van der Waals surface area contributed by atoms with E-state index in [4.69, 9.17) is 0 Å². The van der Waals surface area contributed by atoms with Crippen molar-refractivity contribution in [2.75, 3.05) is 0 Å². The first-order valence-electron chi connectivity index (χ1n) is 4.16. The molecule has 0 fully saturated rings. The molecule has 0 aliphatic heterocycles. The van der Waals surface area contributed by atoms with E-state index in [1.54, 1.807) is 18.2 Å². The van der Waals surface area contributed by atoms with E-state index in [0.717, 1.165) is 6.42 Å². The van der Waals surface area contributed by atoms with Gasteiger partial charge in [-0.1, -0.05) is 32.6 Å². The molecule has 0 saturated heterocycles. The second-order valence-corrected chi connectivity index (χ2v) is 1.72. The van der Waals surface area contributed by atoms with Gasteiger partial charge in [-0.25, -0.2) is 0 Å². The molecule has 0 N–H and O–H groups in total. The maximum Gasteiger partial charge on any atom is 1.00 e. The minimum absolute atomic E-state index is 0. The SMILES string of the molecule is C.C=CC.C=CC.C=CC.[CH2-]CC.[Rb+].[Rb]. The van der Waals surface area contributed by atoms with Crippen LogP contribution in [0.25, 0.3) is 0 Å². The van der Waals surface area contributed by atoms with Crippen molar-refractivity contribution in [3.05, 3.63) is 44.9 Å². The summed E-state index contributed by atoms with van der Waals surface area (Å²) in [6.45, 7) is 21.2. The van der Waals surface area contributed by atoms with E-state index in [0.29, 0.717) is 0 Å². The summed E-state index contributed by atoms with van der Waals surface area (Å²) < 4.78 is 0. The quantitative estimate of drug-likeness (QED) is 0.461. The van der Waals surface area contributed by atoms with Gasteiger partial charge in [-0.3, -0.25) is 0 Å². The van der Waals surface area contributed by atoms with Crippen LogP contribution in [-0.2, 0) is 0 Å². The summed E-state index contributed by atoms with van der Waals surface area (Å²) in [6.07, 6.45) is 6.25. The fourth-order valence-corrected chi connectivity index (χ4v) is 0. The van der Waals surface area contributed by atoms with Crippen molar-refractivity contribution in [3.63, 3.8) is 0 Å². The monoisotopic (exact) mass is 355 g/mol. The van der Waals surface area contributed by atoms with Crippen molar-refractivity contribution in [3.8, 4) is 0 Å². The molecule has 0 aliphatic rings. The second kappa shape index (κ2) is 90.4. The summed E-state index contributed by atoms with van der Waals surface area (Å²) in [7, 11) is 0. The van der Waals surface area contributed by atoms with Gasteiger partial charge in [-0.05, 0) is 20.8 Å². The van der Waals surface area contributed by atoms with Crippen LogP contribution in [0, 0.1) is 6.92 Å². The van der Waals surface area contributed by atoms with Crippen LogP contribution in [0.1, 0.15) is 41.5 Å². The summed E-state index contributed by atoms with van der Waals surface area (Å²) in [6, 6.07) is 0. The average molecular weight is 356 g/mol. The summed E-state index contributed by atoms with van der Waals surface area (Å²) in [5.74, 6) is 0. The predicted molar refractivity (Wildman–Crippen MR) is 75.7 cm³/mol. The zero-order valence-corrected chi connectivity index (χ0v) is 21.1. The standard InChI is InChI=1S/C3H7.3C3H6.CH4.2Rb/c4*1-3-2;;;/h1,3H2,2H3;3*3H,1H2,2H3;1H4;;/q-1;;;;;;+1. The van der Waals surface area contributed by atoms with Gasteiger partial charge in [0.15, 0.2) is 0 Å². The van der Waals surface area contributed by atoms with Gasteiger partial charge < -0.3 is 6.92 Å². The molecule has 0 heterocycles. The van der Waals surface area contributed by atoms with E-state index < -0.39 is 0 Å². The van der Waals surface area contributed by atoms with Crippen LogP contribution in [0.5, 0.6) is 0 Å². The number of rotatable bonds is 0. The van der Waals surface area contributed by atoms with Crippen molar-refractivity contribution < 1.29 is 58.2 Å². The van der Waals surface area contributed by atoms with E-state index in [-0.39, 0.29) is 124 Å². The maximum absolute atomic E-state index is 3.49. The molecule has 0 aromatic carbocycles. The number of allylic oxidation sites excluding steroid dienone is 3. The molecule has 1 radical (unpaired) electrons. The largest absolute Gasteiger partial charge is 1.00 e. The molecule has 0 saturated carbocycles. The molecule has 0 aliphatic carbocycles. The van der Waals surface area contributed by atoms with Gasteiger partial charge in [0.25, 0.3) is 0 Å². The van der Waals surface area contributed by atoms with E-state index in [1.165, 1.54) is 0 Å². The molecule has 2 heteroatoms. The Morgan fingerprint density at radius 2 is 0.933 bits per heavy atom. The second-order valence-electron chi connectivity index (χ2n) is 1.72. The predicted octanol–water partition coefficient (Wildman–Crippen LogP) is 2.07. The molecule has 0 aromatic rings. The fraction of sp³-hybridized carbons (Fsp3) is 0.462. The normalized spacial score (nSPS) is 3.80. The van der Waals surface area contributed by atoms with Crippen LogP contribution in [0.15, 0.2) is 38.0 Å². The zero-order chi connectivity index (χ0) is 10.8. The first-order valence-corrected chi connectivity index (χ1v) is 4.16. The van der Waals surface area contributed by atoms with E-state index in [2.05, 4.69) is 26.7 Å². The maximum atomic E-state index is 3.49. The first kappa shape index (κ1) is 43.1. The molecule has 15 heavy (non-hydrogen) atoms. The third-order valence-corrected chi connectivity index (χ3v) is 0. The smallest absolute Gasteiger partial charge is 0.344 e. The van der Waals surface area contributed by atoms with Crippen molar-refractivity contribution in [1.82, 2.24) is 0 Å². The Kier molecular flexibility index (Phi) is 260. The molecular weight excluding hydrogens is 327 g/mol. The summed E-state index contributed by atoms with van der Waals surface area (Å²) >= 11 is 0. The topological polar surface area (TPSA) is 0 Å². The minimum atomic E-state index is 0. The molecular formula is C13H29Rb2. The van der Waals surface area contributed by atoms with Crippen LogP contribution in [0.3, 0.4) is 0 Å². The van der Waals surface area contributed by atoms with Crippen LogP contribution < -0.4 is 58.2 Å². The summed E-state index contributed by atoms with van der Waals surface area (Å²) in [5.41, 5.74) is 0. The average Bonchev–Trinajstić information content (AvgIpc) is 1.92. The molecule has 83 valence electrons. The van der Waals surface area contributed by atoms with Gasteiger partial charge >= 0.3 is 58.2 Å². The van der Waals surface area contributed by atoms with Crippen molar-refractivity contribution in [2.45, 2.75) is 41.5 Å². The Morgan fingerprint density at radius 3 is 0.933 bits per heavy atom. The Balaban J connectivity index is -0.0000000107. The molecule has 0 bridgehead atoms. The molecule has 0 amide bonds.